The molecule has 1 unspecified atom stereocenters. The summed E-state index contributed by atoms with van der Waals surface area (Å²) >= 11 is 0. The van der Waals surface area contributed by atoms with Gasteiger partial charge in [-0.2, -0.15) is 0 Å². The van der Waals surface area contributed by atoms with Crippen molar-refractivity contribution in [2.75, 3.05) is 6.61 Å². The molecule has 0 fully saturated rings. The van der Waals surface area contributed by atoms with Gasteiger partial charge in [0.05, 0.1) is 6.10 Å². The van der Waals surface area contributed by atoms with Gasteiger partial charge in [-0.3, -0.25) is 0 Å². The molecule has 14 heavy (non-hydrogen) atoms. The van der Waals surface area contributed by atoms with Crippen LogP contribution in [0.2, 0.25) is 0 Å². The van der Waals surface area contributed by atoms with Gasteiger partial charge in [0.15, 0.2) is 0 Å². The highest BCUT2D eigenvalue weighted by Crippen LogP contribution is 2.25. The lowest BCUT2D eigenvalue weighted by Crippen LogP contribution is -2.17. The predicted molar refractivity (Wildman–Crippen MR) is 61.4 cm³/mol. The Morgan fingerprint density at radius 2 is 2.29 bits per heavy atom. The van der Waals surface area contributed by atoms with Gasteiger partial charge in [0.25, 0.3) is 0 Å². The van der Waals surface area contributed by atoms with Gasteiger partial charge < -0.3 is 4.74 Å². The van der Waals surface area contributed by atoms with Crippen LogP contribution < -0.4 is 0 Å². The van der Waals surface area contributed by atoms with E-state index in [2.05, 4.69) is 26.8 Å². The van der Waals surface area contributed by atoms with Crippen LogP contribution in [0.15, 0.2) is 11.6 Å². The van der Waals surface area contributed by atoms with Gasteiger partial charge in [0.2, 0.25) is 0 Å². The smallest absolute Gasteiger partial charge is 0.0612 e. The van der Waals surface area contributed by atoms with Gasteiger partial charge >= 0.3 is 0 Å². The fourth-order valence-corrected chi connectivity index (χ4v) is 1.90. The van der Waals surface area contributed by atoms with Gasteiger partial charge in [-0.05, 0) is 31.6 Å². The van der Waals surface area contributed by atoms with Crippen LogP contribution in [-0.2, 0) is 4.74 Å². The number of hydrogen-bond acceptors (Lipinski definition) is 1. The van der Waals surface area contributed by atoms with E-state index in [1.165, 1.54) is 25.7 Å². The Hall–Kier alpha value is -0.300. The number of hydrogen-bond donors (Lipinski definition) is 0. The molecule has 0 aromatic heterocycles. The van der Waals surface area contributed by atoms with Crippen molar-refractivity contribution in [2.24, 2.45) is 5.92 Å². The Morgan fingerprint density at radius 1 is 1.50 bits per heavy atom. The topological polar surface area (TPSA) is 9.23 Å². The van der Waals surface area contributed by atoms with Crippen molar-refractivity contribution in [1.82, 2.24) is 0 Å². The molecule has 1 aliphatic carbocycles. The van der Waals surface area contributed by atoms with E-state index in [1.807, 2.05) is 0 Å². The summed E-state index contributed by atoms with van der Waals surface area (Å²) in [7, 11) is 0. The lowest BCUT2D eigenvalue weighted by Gasteiger charge is -2.24. The van der Waals surface area contributed by atoms with Crippen LogP contribution in [0.3, 0.4) is 0 Å². The van der Waals surface area contributed by atoms with E-state index in [-0.39, 0.29) is 0 Å². The minimum Gasteiger partial charge on any atom is -0.378 e. The first-order valence-electron chi connectivity index (χ1n) is 6.04. The first kappa shape index (κ1) is 11.8. The molecule has 0 saturated heterocycles. The summed E-state index contributed by atoms with van der Waals surface area (Å²) in [6, 6.07) is 0. The van der Waals surface area contributed by atoms with Crippen molar-refractivity contribution in [3.63, 3.8) is 0 Å². The highest BCUT2D eigenvalue weighted by molar-refractivity contribution is 5.09. The zero-order valence-corrected chi connectivity index (χ0v) is 9.88. The number of unbranched alkanes of at least 4 members (excludes halogenated alkanes) is 1. The molecule has 1 nitrogen and oxygen atoms in total. The van der Waals surface area contributed by atoms with Gasteiger partial charge in [-0.25, -0.2) is 0 Å². The van der Waals surface area contributed by atoms with E-state index in [0.29, 0.717) is 6.10 Å². The normalized spacial score (nSPS) is 22.6. The van der Waals surface area contributed by atoms with Crippen molar-refractivity contribution >= 4 is 0 Å². The third-order valence-electron chi connectivity index (χ3n) is 2.99. The number of ether oxygens (including phenoxy) is 1. The van der Waals surface area contributed by atoms with Crippen LogP contribution in [-0.4, -0.2) is 12.7 Å². The van der Waals surface area contributed by atoms with E-state index >= 15 is 0 Å². The highest BCUT2D eigenvalue weighted by atomic mass is 16.5. The van der Waals surface area contributed by atoms with Gasteiger partial charge in [0.1, 0.15) is 0 Å². The second-order valence-electron chi connectivity index (χ2n) is 4.55. The summed E-state index contributed by atoms with van der Waals surface area (Å²) in [5.74, 6) is 0.728. The van der Waals surface area contributed by atoms with Crippen molar-refractivity contribution in [2.45, 2.75) is 59.0 Å². The van der Waals surface area contributed by atoms with Gasteiger partial charge in [-0.1, -0.05) is 38.8 Å². The van der Waals surface area contributed by atoms with Crippen LogP contribution in [0.1, 0.15) is 52.9 Å². The fraction of sp³-hybridized carbons (Fsp3) is 0.846. The molecule has 0 aromatic rings. The molecule has 0 aliphatic heterocycles. The second kappa shape index (κ2) is 6.23. The van der Waals surface area contributed by atoms with E-state index in [9.17, 15) is 0 Å². The zero-order valence-electron chi connectivity index (χ0n) is 9.88. The lowest BCUT2D eigenvalue weighted by molar-refractivity contribution is 0.0442. The van der Waals surface area contributed by atoms with E-state index in [0.717, 1.165) is 18.9 Å². The molecule has 0 N–H and O–H groups in total. The maximum absolute atomic E-state index is 5.81. The molecule has 0 heterocycles. The minimum atomic E-state index is 0.504. The molecule has 0 bridgehead atoms. The Morgan fingerprint density at radius 3 is 2.79 bits per heavy atom. The molecule has 82 valence electrons. The fourth-order valence-electron chi connectivity index (χ4n) is 1.90. The van der Waals surface area contributed by atoms with Crippen LogP contribution >= 0.6 is 0 Å². The molecule has 1 aliphatic rings. The Kier molecular flexibility index (Phi) is 5.24. The third-order valence-corrected chi connectivity index (χ3v) is 2.99. The Balaban J connectivity index is 2.21. The molecular formula is C13H24O. The van der Waals surface area contributed by atoms with Gasteiger partial charge in [0, 0.05) is 6.61 Å². The third kappa shape index (κ3) is 3.83. The molecule has 1 heteroatoms. The maximum atomic E-state index is 5.81. The van der Waals surface area contributed by atoms with Crippen LogP contribution in [0, 0.1) is 5.92 Å². The Labute approximate surface area is 88.5 Å². The molecule has 1 atom stereocenters. The maximum Gasteiger partial charge on any atom is 0.0612 e. The summed E-state index contributed by atoms with van der Waals surface area (Å²) in [6.45, 7) is 7.72. The molecule has 0 radical (unpaired) electrons. The summed E-state index contributed by atoms with van der Waals surface area (Å²) in [4.78, 5) is 0. The largest absolute Gasteiger partial charge is 0.378 e. The second-order valence-corrected chi connectivity index (χ2v) is 4.55. The monoisotopic (exact) mass is 196 g/mol. The molecule has 0 saturated carbocycles. The van der Waals surface area contributed by atoms with Crippen molar-refractivity contribution < 1.29 is 4.74 Å². The molecule has 0 spiro atoms. The number of allylic oxidation sites excluding steroid dienone is 1. The molecule has 1 rings (SSSR count). The van der Waals surface area contributed by atoms with Crippen LogP contribution in [0.5, 0.6) is 0 Å². The summed E-state index contributed by atoms with van der Waals surface area (Å²) in [5.41, 5.74) is 1.63. The van der Waals surface area contributed by atoms with Crippen LogP contribution in [0.25, 0.3) is 0 Å². The molecule has 0 amide bonds. The van der Waals surface area contributed by atoms with Crippen molar-refractivity contribution in [3.05, 3.63) is 11.6 Å². The standard InChI is InChI=1S/C13H24O/c1-4-5-10-14-13-8-6-12(7-9-13)11(2)3/h6,11,13H,4-5,7-10H2,1-3H3. The minimum absolute atomic E-state index is 0.504. The molecule has 0 aromatic carbocycles. The molecular weight excluding hydrogens is 172 g/mol. The number of rotatable bonds is 5. The predicted octanol–water partition coefficient (Wildman–Crippen LogP) is 3.94. The first-order valence-corrected chi connectivity index (χ1v) is 6.04. The van der Waals surface area contributed by atoms with E-state index < -0.39 is 0 Å². The SMILES string of the molecule is CCCCOC1CC=C(C(C)C)CC1. The summed E-state index contributed by atoms with van der Waals surface area (Å²) in [6.07, 6.45) is 8.95. The lowest BCUT2D eigenvalue weighted by atomic mass is 9.90. The van der Waals surface area contributed by atoms with Crippen molar-refractivity contribution in [1.29, 1.82) is 0 Å². The average Bonchev–Trinajstić information content (AvgIpc) is 2.19. The Bertz CT molecular complexity index is 182. The van der Waals surface area contributed by atoms with Gasteiger partial charge in [-0.15, -0.1) is 0 Å². The van der Waals surface area contributed by atoms with Crippen LogP contribution in [0.4, 0.5) is 0 Å². The highest BCUT2D eigenvalue weighted by Gasteiger charge is 2.15. The zero-order chi connectivity index (χ0) is 10.4. The van der Waals surface area contributed by atoms with Crippen molar-refractivity contribution in [3.8, 4) is 0 Å². The van der Waals surface area contributed by atoms with E-state index in [1.54, 1.807) is 5.57 Å². The summed E-state index contributed by atoms with van der Waals surface area (Å²) < 4.78 is 5.81. The summed E-state index contributed by atoms with van der Waals surface area (Å²) in [5, 5.41) is 0. The average molecular weight is 196 g/mol. The first-order chi connectivity index (χ1) is 6.74. The van der Waals surface area contributed by atoms with E-state index in [4.69, 9.17) is 4.74 Å². The quantitative estimate of drug-likeness (QED) is 0.478.